The van der Waals surface area contributed by atoms with Gasteiger partial charge in [-0.15, -0.1) is 0 Å². The van der Waals surface area contributed by atoms with Crippen molar-refractivity contribution in [1.29, 1.82) is 0 Å². The molecule has 1 N–H and O–H groups in total. The van der Waals surface area contributed by atoms with E-state index in [0.29, 0.717) is 12.5 Å². The number of rotatable bonds is 9. The van der Waals surface area contributed by atoms with Crippen LogP contribution in [0.1, 0.15) is 25.6 Å². The van der Waals surface area contributed by atoms with Crippen LogP contribution < -0.4 is 15.0 Å². The number of sulfone groups is 1. The molecule has 0 saturated heterocycles. The summed E-state index contributed by atoms with van der Waals surface area (Å²) in [6.07, 6.45) is 2.65. The molecule has 0 bridgehead atoms. The molecule has 2 heterocycles. The highest BCUT2D eigenvalue weighted by atomic mass is 32.2. The summed E-state index contributed by atoms with van der Waals surface area (Å²) < 4.78 is 67.5. The third-order valence-corrected chi connectivity index (χ3v) is 7.80. The number of hydrogen-bond acceptors (Lipinski definition) is 8. The maximum atomic E-state index is 15.0. The predicted octanol–water partition coefficient (Wildman–Crippen LogP) is 4.47. The second-order valence-electron chi connectivity index (χ2n) is 8.45. The van der Waals surface area contributed by atoms with Crippen LogP contribution in [0.5, 0.6) is 17.4 Å². The number of para-hydroxylation sites is 1. The maximum absolute atomic E-state index is 15.0. The molecule has 0 aliphatic heterocycles. The van der Waals surface area contributed by atoms with Crippen molar-refractivity contribution in [1.82, 2.24) is 14.5 Å². The van der Waals surface area contributed by atoms with E-state index in [9.17, 15) is 22.7 Å². The van der Waals surface area contributed by atoms with Crippen molar-refractivity contribution in [3.8, 4) is 34.2 Å². The van der Waals surface area contributed by atoms with Crippen molar-refractivity contribution in [2.24, 2.45) is 0 Å². The molecule has 9 nitrogen and oxygen atoms in total. The van der Waals surface area contributed by atoms with E-state index in [1.165, 1.54) is 26.4 Å². The molecule has 0 aliphatic rings. The molecule has 4 aromatic rings. The summed E-state index contributed by atoms with van der Waals surface area (Å²) in [6, 6.07) is 10.1. The monoisotopic (exact) mass is 557 g/mol. The van der Waals surface area contributed by atoms with Gasteiger partial charge in [-0.25, -0.2) is 17.8 Å². The normalized spacial score (nSPS) is 11.4. The quantitative estimate of drug-likeness (QED) is 0.299. The van der Waals surface area contributed by atoms with Crippen molar-refractivity contribution in [3.63, 3.8) is 0 Å². The number of hydrogen-bond donors (Lipinski definition) is 1. The first-order chi connectivity index (χ1) is 18.6. The number of benzene rings is 2. The smallest absolute Gasteiger partial charge is 0.296 e. The lowest BCUT2D eigenvalue weighted by atomic mass is 10.1. The van der Waals surface area contributed by atoms with Gasteiger partial charge in [-0.3, -0.25) is 9.36 Å². The molecule has 12 heteroatoms. The minimum absolute atomic E-state index is 0.0325. The van der Waals surface area contributed by atoms with Crippen LogP contribution in [0.3, 0.4) is 0 Å². The van der Waals surface area contributed by atoms with Crippen LogP contribution in [0, 0.1) is 11.8 Å². The molecule has 204 valence electrons. The number of methoxy groups -OCH3 is 2. The maximum Gasteiger partial charge on any atom is 0.296 e. The van der Waals surface area contributed by atoms with Crippen molar-refractivity contribution < 1.29 is 31.8 Å². The number of ether oxygens (including phenoxy) is 2. The summed E-state index contributed by atoms with van der Waals surface area (Å²) >= 11 is 0. The van der Waals surface area contributed by atoms with Gasteiger partial charge in [-0.05, 0) is 42.8 Å². The number of halogens is 2. The topological polar surface area (TPSA) is 121 Å². The Bertz CT molecular complexity index is 1670. The molecule has 2 aromatic carbocycles. The lowest BCUT2D eigenvalue weighted by Gasteiger charge is -2.21. The van der Waals surface area contributed by atoms with Gasteiger partial charge in [0.15, 0.2) is 4.90 Å². The molecule has 2 aromatic heterocycles. The molecule has 0 fully saturated rings. The van der Waals surface area contributed by atoms with E-state index < -0.39 is 42.8 Å². The second-order valence-corrected chi connectivity index (χ2v) is 10.3. The van der Waals surface area contributed by atoms with Gasteiger partial charge in [-0.2, -0.15) is 9.37 Å². The van der Waals surface area contributed by atoms with Gasteiger partial charge >= 0.3 is 0 Å². The van der Waals surface area contributed by atoms with Crippen molar-refractivity contribution in [3.05, 3.63) is 82.7 Å². The third kappa shape index (κ3) is 5.19. The van der Waals surface area contributed by atoms with Gasteiger partial charge in [0.1, 0.15) is 28.8 Å². The fraction of sp³-hybridized carbons (Fsp3) is 0.222. The Labute approximate surface area is 223 Å². The minimum atomic E-state index is -4.78. The van der Waals surface area contributed by atoms with E-state index in [1.807, 2.05) is 6.92 Å². The summed E-state index contributed by atoms with van der Waals surface area (Å²) in [4.78, 5) is 18.9. The van der Waals surface area contributed by atoms with E-state index in [-0.39, 0.29) is 40.6 Å². The van der Waals surface area contributed by atoms with Crippen LogP contribution in [0.15, 0.2) is 69.3 Å². The Hall–Kier alpha value is -4.32. The Morgan fingerprint density at radius 1 is 1.03 bits per heavy atom. The van der Waals surface area contributed by atoms with E-state index in [1.54, 1.807) is 18.2 Å². The van der Waals surface area contributed by atoms with Gasteiger partial charge in [0.2, 0.25) is 21.7 Å². The lowest BCUT2D eigenvalue weighted by molar-refractivity contribution is 0.374. The average Bonchev–Trinajstić information content (AvgIpc) is 2.91. The van der Waals surface area contributed by atoms with Crippen LogP contribution >= 0.6 is 0 Å². The molecular weight excluding hydrogens is 532 g/mol. The minimum Gasteiger partial charge on any atom is -0.494 e. The molecule has 0 aliphatic carbocycles. The number of aryl methyl sites for hydroxylation is 1. The molecule has 0 amide bonds. The van der Waals surface area contributed by atoms with Crippen LogP contribution in [-0.4, -0.2) is 42.3 Å². The van der Waals surface area contributed by atoms with Gasteiger partial charge in [0.05, 0.1) is 19.1 Å². The Kier molecular flexibility index (Phi) is 7.95. The molecule has 4 rings (SSSR count). The Balaban J connectivity index is 1.95. The van der Waals surface area contributed by atoms with Crippen LogP contribution in [-0.2, 0) is 16.3 Å². The van der Waals surface area contributed by atoms with E-state index in [4.69, 9.17) is 9.47 Å². The van der Waals surface area contributed by atoms with E-state index in [2.05, 4.69) is 9.97 Å². The third-order valence-electron chi connectivity index (χ3n) is 6.04. The number of pyridine rings is 1. The van der Waals surface area contributed by atoms with Crippen molar-refractivity contribution >= 4 is 9.84 Å². The van der Waals surface area contributed by atoms with E-state index >= 15 is 4.39 Å². The summed E-state index contributed by atoms with van der Waals surface area (Å²) in [7, 11) is -2.01. The first-order valence-electron chi connectivity index (χ1n) is 11.9. The van der Waals surface area contributed by atoms with Crippen molar-refractivity contribution in [2.75, 3.05) is 14.2 Å². The van der Waals surface area contributed by atoms with Gasteiger partial charge < -0.3 is 14.6 Å². The Morgan fingerprint density at radius 3 is 2.28 bits per heavy atom. The molecule has 0 spiro atoms. The van der Waals surface area contributed by atoms with Gasteiger partial charge in [-0.1, -0.05) is 25.5 Å². The predicted molar refractivity (Wildman–Crippen MR) is 138 cm³/mol. The summed E-state index contributed by atoms with van der Waals surface area (Å²) in [5, 5.41) is 11.4. The molecular formula is C27H25F2N3O6S. The van der Waals surface area contributed by atoms with Crippen LogP contribution in [0.25, 0.3) is 16.8 Å². The second kappa shape index (κ2) is 11.2. The highest BCUT2D eigenvalue weighted by Crippen LogP contribution is 2.38. The number of nitrogens with zero attached hydrogens (tertiary/aromatic N) is 3. The summed E-state index contributed by atoms with van der Waals surface area (Å²) in [5.74, 6) is -2.10. The largest absolute Gasteiger partial charge is 0.494 e. The SMILES string of the molecule is CCCCc1nc(=O)c(S(=O)(=O)c2ccc(-c3ccc(F)nc3)c(F)c2)c(O)n1-c1c(OC)cccc1OC. The molecule has 39 heavy (non-hydrogen) atoms. The van der Waals surface area contributed by atoms with Gasteiger partial charge in [0.25, 0.3) is 5.56 Å². The van der Waals surface area contributed by atoms with Crippen LogP contribution in [0.2, 0.25) is 0 Å². The summed E-state index contributed by atoms with van der Waals surface area (Å²) in [5.41, 5.74) is -0.875. The highest BCUT2D eigenvalue weighted by Gasteiger charge is 2.32. The Morgan fingerprint density at radius 2 is 1.72 bits per heavy atom. The van der Waals surface area contributed by atoms with E-state index in [0.717, 1.165) is 29.3 Å². The number of aromatic hydroxyl groups is 1. The fourth-order valence-electron chi connectivity index (χ4n) is 4.11. The van der Waals surface area contributed by atoms with Gasteiger partial charge in [0, 0.05) is 23.7 Å². The van der Waals surface area contributed by atoms with Crippen molar-refractivity contribution in [2.45, 2.75) is 36.0 Å². The molecule has 0 unspecified atom stereocenters. The zero-order valence-corrected chi connectivity index (χ0v) is 22.1. The zero-order valence-electron chi connectivity index (χ0n) is 21.3. The lowest BCUT2D eigenvalue weighted by Crippen LogP contribution is -2.25. The number of aromatic nitrogens is 3. The number of unbranched alkanes of at least 4 members (excludes halogenated alkanes) is 1. The molecule has 0 radical (unpaired) electrons. The van der Waals surface area contributed by atoms with Crippen LogP contribution in [0.4, 0.5) is 8.78 Å². The highest BCUT2D eigenvalue weighted by molar-refractivity contribution is 7.91. The summed E-state index contributed by atoms with van der Waals surface area (Å²) in [6.45, 7) is 1.92. The zero-order chi connectivity index (χ0) is 28.3. The molecule has 0 saturated carbocycles. The fourth-order valence-corrected chi connectivity index (χ4v) is 5.46. The standard InChI is InChI=1S/C27H25F2N3O6S/c1-4-5-9-23-31-26(33)25(27(34)32(23)24-20(37-2)7-6-8-21(24)38-3)39(35,36)17-11-12-18(19(28)14-17)16-10-13-22(29)30-15-16/h6-8,10-15,34H,4-5,9H2,1-3H3. The molecule has 0 atom stereocenters. The average molecular weight is 558 g/mol. The first kappa shape index (κ1) is 27.7. The first-order valence-corrected chi connectivity index (χ1v) is 13.3.